The van der Waals surface area contributed by atoms with Gasteiger partial charge in [0.05, 0.1) is 17.7 Å². The number of nitrogens with one attached hydrogen (secondary N) is 1. The van der Waals surface area contributed by atoms with Crippen LogP contribution in [0.3, 0.4) is 0 Å². The molecule has 1 N–H and O–H groups in total. The molecule has 0 spiro atoms. The van der Waals surface area contributed by atoms with Crippen LogP contribution in [0.5, 0.6) is 11.5 Å². The van der Waals surface area contributed by atoms with E-state index in [-0.39, 0.29) is 5.91 Å². The standard InChI is InChI=1S/C20H24BrNO3/c1-5-9-25-19-17(21)11-15(12-18(19)24-6-2)20(23)22-16-8-7-13(3)14(4)10-16/h7-8,10-12H,5-6,9H2,1-4H3,(H,22,23). The molecule has 0 unspecified atom stereocenters. The van der Waals surface area contributed by atoms with Gasteiger partial charge in [-0.25, -0.2) is 0 Å². The topological polar surface area (TPSA) is 47.6 Å². The molecular formula is C20H24BrNO3. The average Bonchev–Trinajstić information content (AvgIpc) is 2.57. The van der Waals surface area contributed by atoms with Gasteiger partial charge in [-0.3, -0.25) is 4.79 Å². The van der Waals surface area contributed by atoms with Crippen molar-refractivity contribution in [1.82, 2.24) is 0 Å². The minimum absolute atomic E-state index is 0.188. The van der Waals surface area contributed by atoms with Crippen LogP contribution >= 0.6 is 15.9 Å². The van der Waals surface area contributed by atoms with E-state index in [4.69, 9.17) is 9.47 Å². The van der Waals surface area contributed by atoms with Gasteiger partial charge in [-0.15, -0.1) is 0 Å². The highest BCUT2D eigenvalue weighted by Gasteiger charge is 2.16. The Balaban J connectivity index is 2.27. The van der Waals surface area contributed by atoms with Gasteiger partial charge >= 0.3 is 0 Å². The van der Waals surface area contributed by atoms with Gasteiger partial charge in [0.25, 0.3) is 5.91 Å². The van der Waals surface area contributed by atoms with E-state index in [0.717, 1.165) is 17.7 Å². The predicted octanol–water partition coefficient (Wildman–Crippen LogP) is 5.51. The number of carbonyl (C=O) groups excluding carboxylic acids is 1. The zero-order valence-electron chi connectivity index (χ0n) is 15.1. The van der Waals surface area contributed by atoms with Crippen LogP contribution < -0.4 is 14.8 Å². The van der Waals surface area contributed by atoms with Gasteiger partial charge in [0, 0.05) is 11.3 Å². The molecule has 0 radical (unpaired) electrons. The molecule has 0 aliphatic heterocycles. The lowest BCUT2D eigenvalue weighted by Gasteiger charge is -2.15. The van der Waals surface area contributed by atoms with Crippen molar-refractivity contribution in [1.29, 1.82) is 0 Å². The molecule has 0 atom stereocenters. The van der Waals surface area contributed by atoms with Crippen LogP contribution in [0, 0.1) is 13.8 Å². The number of rotatable bonds is 7. The Hall–Kier alpha value is -2.01. The monoisotopic (exact) mass is 405 g/mol. The summed E-state index contributed by atoms with van der Waals surface area (Å²) in [6.07, 6.45) is 0.896. The maximum atomic E-state index is 12.6. The summed E-state index contributed by atoms with van der Waals surface area (Å²) in [6, 6.07) is 9.33. The summed E-state index contributed by atoms with van der Waals surface area (Å²) in [5, 5.41) is 2.93. The number of hydrogen-bond acceptors (Lipinski definition) is 3. The number of amides is 1. The van der Waals surface area contributed by atoms with Crippen molar-refractivity contribution in [3.8, 4) is 11.5 Å². The molecule has 0 saturated carbocycles. The highest BCUT2D eigenvalue weighted by molar-refractivity contribution is 9.10. The van der Waals surface area contributed by atoms with Crippen molar-refractivity contribution >= 4 is 27.5 Å². The molecule has 1 amide bonds. The van der Waals surface area contributed by atoms with E-state index in [1.165, 1.54) is 5.56 Å². The molecule has 0 bridgehead atoms. The second kappa shape index (κ2) is 8.90. The molecule has 4 nitrogen and oxygen atoms in total. The van der Waals surface area contributed by atoms with Crippen LogP contribution in [-0.2, 0) is 0 Å². The van der Waals surface area contributed by atoms with Gasteiger partial charge in [-0.05, 0) is 78.5 Å². The third kappa shape index (κ3) is 4.98. The van der Waals surface area contributed by atoms with Crippen molar-refractivity contribution in [2.75, 3.05) is 18.5 Å². The number of hydrogen-bond donors (Lipinski definition) is 1. The molecule has 2 aromatic rings. The third-order valence-electron chi connectivity index (χ3n) is 3.79. The number of benzene rings is 2. The average molecular weight is 406 g/mol. The van der Waals surface area contributed by atoms with Gasteiger partial charge in [-0.1, -0.05) is 13.0 Å². The summed E-state index contributed by atoms with van der Waals surface area (Å²) >= 11 is 3.49. The zero-order valence-corrected chi connectivity index (χ0v) is 16.7. The van der Waals surface area contributed by atoms with Crippen LogP contribution in [-0.4, -0.2) is 19.1 Å². The second-order valence-electron chi connectivity index (χ2n) is 5.82. The van der Waals surface area contributed by atoms with Crippen molar-refractivity contribution in [3.63, 3.8) is 0 Å². The largest absolute Gasteiger partial charge is 0.490 e. The molecule has 134 valence electrons. The summed E-state index contributed by atoms with van der Waals surface area (Å²) < 4.78 is 12.1. The minimum Gasteiger partial charge on any atom is -0.490 e. The normalized spacial score (nSPS) is 10.4. The highest BCUT2D eigenvalue weighted by atomic mass is 79.9. The van der Waals surface area contributed by atoms with E-state index in [1.54, 1.807) is 12.1 Å². The molecule has 2 aromatic carbocycles. The Kier molecular flexibility index (Phi) is 6.88. The molecule has 0 aromatic heterocycles. The quantitative estimate of drug-likeness (QED) is 0.660. The molecule has 0 saturated heterocycles. The summed E-state index contributed by atoms with van der Waals surface area (Å²) in [5.41, 5.74) is 3.61. The van der Waals surface area contributed by atoms with E-state index in [9.17, 15) is 4.79 Å². The van der Waals surface area contributed by atoms with E-state index < -0.39 is 0 Å². The van der Waals surface area contributed by atoms with E-state index in [2.05, 4.69) is 21.2 Å². The Labute approximate surface area is 157 Å². The van der Waals surface area contributed by atoms with E-state index in [0.29, 0.717) is 34.7 Å². The van der Waals surface area contributed by atoms with Gasteiger partial charge in [0.15, 0.2) is 11.5 Å². The highest BCUT2D eigenvalue weighted by Crippen LogP contribution is 2.37. The molecule has 0 aliphatic rings. The molecule has 5 heteroatoms. The third-order valence-corrected chi connectivity index (χ3v) is 4.38. The second-order valence-corrected chi connectivity index (χ2v) is 6.67. The van der Waals surface area contributed by atoms with Gasteiger partial charge < -0.3 is 14.8 Å². The van der Waals surface area contributed by atoms with Crippen LogP contribution in [0.1, 0.15) is 41.8 Å². The molecule has 0 fully saturated rings. The molecule has 2 rings (SSSR count). The van der Waals surface area contributed by atoms with Crippen molar-refractivity contribution < 1.29 is 14.3 Å². The lowest BCUT2D eigenvalue weighted by Crippen LogP contribution is -2.13. The Morgan fingerprint density at radius 1 is 1.08 bits per heavy atom. The molecule has 25 heavy (non-hydrogen) atoms. The fraction of sp³-hybridized carbons (Fsp3) is 0.350. The number of aryl methyl sites for hydroxylation is 2. The fourth-order valence-electron chi connectivity index (χ4n) is 2.33. The Bertz CT molecular complexity index is 759. The van der Waals surface area contributed by atoms with Crippen molar-refractivity contribution in [2.45, 2.75) is 34.1 Å². The van der Waals surface area contributed by atoms with Gasteiger partial charge in [0.1, 0.15) is 0 Å². The van der Waals surface area contributed by atoms with Crippen LogP contribution in [0.4, 0.5) is 5.69 Å². The summed E-state index contributed by atoms with van der Waals surface area (Å²) in [6.45, 7) is 9.10. The molecular weight excluding hydrogens is 382 g/mol. The maximum Gasteiger partial charge on any atom is 0.255 e. The smallest absolute Gasteiger partial charge is 0.255 e. The Morgan fingerprint density at radius 2 is 1.84 bits per heavy atom. The first-order chi connectivity index (χ1) is 12.0. The lowest BCUT2D eigenvalue weighted by atomic mass is 10.1. The SMILES string of the molecule is CCCOc1c(Br)cc(C(=O)Nc2ccc(C)c(C)c2)cc1OCC. The zero-order chi connectivity index (χ0) is 18.4. The molecule has 0 heterocycles. The van der Waals surface area contributed by atoms with E-state index in [1.807, 2.05) is 45.9 Å². The minimum atomic E-state index is -0.188. The van der Waals surface area contributed by atoms with Gasteiger partial charge in [-0.2, -0.15) is 0 Å². The number of carbonyl (C=O) groups is 1. The number of anilines is 1. The maximum absolute atomic E-state index is 12.6. The number of halogens is 1. The van der Waals surface area contributed by atoms with Crippen LogP contribution in [0.2, 0.25) is 0 Å². The first-order valence-electron chi connectivity index (χ1n) is 8.44. The summed E-state index contributed by atoms with van der Waals surface area (Å²) in [4.78, 5) is 12.6. The lowest BCUT2D eigenvalue weighted by molar-refractivity contribution is 0.102. The first kappa shape index (κ1) is 19.3. The summed E-state index contributed by atoms with van der Waals surface area (Å²) in [7, 11) is 0. The van der Waals surface area contributed by atoms with Crippen LogP contribution in [0.25, 0.3) is 0 Å². The summed E-state index contributed by atoms with van der Waals surface area (Å²) in [5.74, 6) is 1.01. The Morgan fingerprint density at radius 3 is 2.48 bits per heavy atom. The number of ether oxygens (including phenoxy) is 2. The van der Waals surface area contributed by atoms with Crippen LogP contribution in [0.15, 0.2) is 34.8 Å². The fourth-order valence-corrected chi connectivity index (χ4v) is 2.89. The first-order valence-corrected chi connectivity index (χ1v) is 9.23. The molecule has 0 aliphatic carbocycles. The van der Waals surface area contributed by atoms with Crippen molar-refractivity contribution in [2.24, 2.45) is 0 Å². The van der Waals surface area contributed by atoms with E-state index >= 15 is 0 Å². The predicted molar refractivity (Wildman–Crippen MR) is 105 cm³/mol. The van der Waals surface area contributed by atoms with Gasteiger partial charge in [0.2, 0.25) is 0 Å². The van der Waals surface area contributed by atoms with Crippen molar-refractivity contribution in [3.05, 3.63) is 51.5 Å².